The average Bonchev–Trinajstić information content (AvgIpc) is 3.51. The van der Waals surface area contributed by atoms with Gasteiger partial charge in [0.05, 0.1) is 19.2 Å². The van der Waals surface area contributed by atoms with Gasteiger partial charge < -0.3 is 19.2 Å². The highest BCUT2D eigenvalue weighted by Gasteiger charge is 2.42. The molecule has 2 atom stereocenters. The van der Waals surface area contributed by atoms with Gasteiger partial charge in [-0.3, -0.25) is 9.59 Å². The number of carbonyl (C=O) groups is 2. The van der Waals surface area contributed by atoms with Crippen molar-refractivity contribution >= 4 is 11.8 Å². The lowest BCUT2D eigenvalue weighted by atomic mass is 9.89. The zero-order valence-corrected chi connectivity index (χ0v) is 16.5. The van der Waals surface area contributed by atoms with Crippen molar-refractivity contribution in [1.29, 1.82) is 0 Å². The molecule has 2 aliphatic rings. The molecule has 2 unspecified atom stereocenters. The van der Waals surface area contributed by atoms with E-state index in [1.165, 1.54) is 0 Å². The van der Waals surface area contributed by atoms with Gasteiger partial charge in [-0.05, 0) is 30.0 Å². The maximum absolute atomic E-state index is 12.8. The van der Waals surface area contributed by atoms with E-state index in [-0.39, 0.29) is 17.7 Å². The molecule has 2 aliphatic heterocycles. The number of aromatic nitrogens is 3. The van der Waals surface area contributed by atoms with E-state index in [0.717, 1.165) is 24.4 Å². The molecule has 2 aromatic heterocycles. The van der Waals surface area contributed by atoms with Gasteiger partial charge in [-0.1, -0.05) is 30.3 Å². The summed E-state index contributed by atoms with van der Waals surface area (Å²) >= 11 is 0. The molecule has 0 saturated carbocycles. The molecule has 1 fully saturated rings. The van der Waals surface area contributed by atoms with Crippen molar-refractivity contribution in [2.24, 2.45) is 5.92 Å². The molecule has 154 valence electrons. The smallest absolute Gasteiger partial charge is 0.289 e. The van der Waals surface area contributed by atoms with E-state index >= 15 is 0 Å². The number of benzene rings is 1. The van der Waals surface area contributed by atoms with Gasteiger partial charge in [-0.2, -0.15) is 0 Å². The molecule has 1 saturated heterocycles. The zero-order chi connectivity index (χ0) is 20.5. The number of fused-ring (bicyclic) bond motifs is 3. The van der Waals surface area contributed by atoms with Crippen molar-refractivity contribution in [1.82, 2.24) is 25.0 Å². The third-order valence-electron chi connectivity index (χ3n) is 6.03. The summed E-state index contributed by atoms with van der Waals surface area (Å²) in [5.41, 5.74) is 1.02. The topological polar surface area (TPSA) is 93.3 Å². The Balaban J connectivity index is 1.27. The van der Waals surface area contributed by atoms with Crippen molar-refractivity contribution in [3.63, 3.8) is 0 Å². The van der Waals surface area contributed by atoms with Gasteiger partial charge in [-0.25, -0.2) is 0 Å². The predicted octanol–water partition coefficient (Wildman–Crippen LogP) is 1.99. The Labute approximate surface area is 173 Å². The van der Waals surface area contributed by atoms with Crippen LogP contribution in [0.2, 0.25) is 0 Å². The lowest BCUT2D eigenvalue weighted by Crippen LogP contribution is -2.30. The Morgan fingerprint density at radius 2 is 1.97 bits per heavy atom. The number of amides is 2. The van der Waals surface area contributed by atoms with Crippen molar-refractivity contribution in [2.75, 3.05) is 13.1 Å². The second kappa shape index (κ2) is 7.78. The van der Waals surface area contributed by atoms with Gasteiger partial charge in [0, 0.05) is 25.6 Å². The molecule has 1 N–H and O–H groups in total. The van der Waals surface area contributed by atoms with Gasteiger partial charge in [0.2, 0.25) is 11.7 Å². The van der Waals surface area contributed by atoms with E-state index in [9.17, 15) is 9.59 Å². The molecule has 3 aromatic rings. The van der Waals surface area contributed by atoms with Crippen molar-refractivity contribution in [3.05, 3.63) is 71.7 Å². The van der Waals surface area contributed by atoms with Crippen LogP contribution in [-0.2, 0) is 24.3 Å². The summed E-state index contributed by atoms with van der Waals surface area (Å²) in [5, 5.41) is 11.3. The third-order valence-corrected chi connectivity index (χ3v) is 6.03. The van der Waals surface area contributed by atoms with Gasteiger partial charge in [0.15, 0.2) is 0 Å². The quantitative estimate of drug-likeness (QED) is 0.701. The van der Waals surface area contributed by atoms with E-state index in [1.807, 2.05) is 45.9 Å². The Morgan fingerprint density at radius 1 is 1.10 bits per heavy atom. The van der Waals surface area contributed by atoms with Crippen LogP contribution in [0.4, 0.5) is 0 Å². The first-order chi connectivity index (χ1) is 14.7. The Kier molecular flexibility index (Phi) is 4.82. The fourth-order valence-electron chi connectivity index (χ4n) is 4.47. The number of hydrogen-bond donors (Lipinski definition) is 1. The standard InChI is InChI=1S/C22H23N5O3/c28-19(11-15-5-2-1-3-6-15)26-13-16-8-9-27-20(18(16)14-26)24-25-21(27)22(29)23-12-17-7-4-10-30-17/h1-7,10,16,18H,8-9,11-14H2,(H,23,29). The minimum atomic E-state index is -0.265. The lowest BCUT2D eigenvalue weighted by Gasteiger charge is -2.24. The normalized spacial score (nSPS) is 19.9. The molecule has 8 nitrogen and oxygen atoms in total. The third kappa shape index (κ3) is 3.49. The summed E-state index contributed by atoms with van der Waals surface area (Å²) in [6.07, 6.45) is 2.89. The van der Waals surface area contributed by atoms with Crippen LogP contribution in [0.5, 0.6) is 0 Å². The second-order valence-electron chi connectivity index (χ2n) is 7.91. The van der Waals surface area contributed by atoms with Crippen LogP contribution in [0, 0.1) is 5.92 Å². The van der Waals surface area contributed by atoms with Crippen LogP contribution in [0.3, 0.4) is 0 Å². The van der Waals surface area contributed by atoms with E-state index < -0.39 is 0 Å². The Bertz CT molecular complexity index is 1040. The highest BCUT2D eigenvalue weighted by Crippen LogP contribution is 2.38. The van der Waals surface area contributed by atoms with E-state index in [4.69, 9.17) is 4.42 Å². The van der Waals surface area contributed by atoms with Crippen LogP contribution < -0.4 is 5.32 Å². The first kappa shape index (κ1) is 18.6. The van der Waals surface area contributed by atoms with Crippen molar-refractivity contribution in [2.45, 2.75) is 31.8 Å². The zero-order valence-electron chi connectivity index (χ0n) is 16.5. The summed E-state index contributed by atoms with van der Waals surface area (Å²) in [4.78, 5) is 27.3. The van der Waals surface area contributed by atoms with Gasteiger partial charge in [-0.15, -0.1) is 10.2 Å². The molecule has 4 heterocycles. The van der Waals surface area contributed by atoms with E-state index in [2.05, 4.69) is 15.5 Å². The SMILES string of the molecule is O=C(NCc1ccco1)c1nnc2n1CCC1CN(C(=O)Cc3ccccc3)CC21. The fraction of sp³-hybridized carbons (Fsp3) is 0.364. The summed E-state index contributed by atoms with van der Waals surface area (Å²) < 4.78 is 7.16. The highest BCUT2D eigenvalue weighted by atomic mass is 16.3. The van der Waals surface area contributed by atoms with Gasteiger partial charge >= 0.3 is 0 Å². The molecule has 30 heavy (non-hydrogen) atoms. The summed E-state index contributed by atoms with van der Waals surface area (Å²) in [6.45, 7) is 2.36. The molecule has 8 heteroatoms. The molecule has 2 amide bonds. The number of hydrogen-bond acceptors (Lipinski definition) is 5. The largest absolute Gasteiger partial charge is 0.467 e. The predicted molar refractivity (Wildman–Crippen MR) is 107 cm³/mol. The highest BCUT2D eigenvalue weighted by molar-refractivity contribution is 5.90. The van der Waals surface area contributed by atoms with Crippen molar-refractivity contribution < 1.29 is 14.0 Å². The molecule has 1 aromatic carbocycles. The fourth-order valence-corrected chi connectivity index (χ4v) is 4.47. The average molecular weight is 405 g/mol. The monoisotopic (exact) mass is 405 g/mol. The Morgan fingerprint density at radius 3 is 2.77 bits per heavy atom. The maximum atomic E-state index is 12.8. The Hall–Kier alpha value is -3.42. The van der Waals surface area contributed by atoms with Gasteiger partial charge in [0.1, 0.15) is 11.6 Å². The molecule has 0 radical (unpaired) electrons. The molecule has 0 spiro atoms. The van der Waals surface area contributed by atoms with Crippen LogP contribution in [0.15, 0.2) is 53.1 Å². The molecule has 0 aliphatic carbocycles. The van der Waals surface area contributed by atoms with Crippen molar-refractivity contribution in [3.8, 4) is 0 Å². The van der Waals surface area contributed by atoms with Gasteiger partial charge in [0.25, 0.3) is 5.91 Å². The first-order valence-corrected chi connectivity index (χ1v) is 10.2. The number of likely N-dealkylation sites (tertiary alicyclic amines) is 1. The summed E-state index contributed by atoms with van der Waals surface area (Å²) in [5.74, 6) is 2.17. The molecular weight excluding hydrogens is 382 g/mol. The van der Waals surface area contributed by atoms with Crippen LogP contribution in [-0.4, -0.2) is 44.6 Å². The minimum Gasteiger partial charge on any atom is -0.467 e. The summed E-state index contributed by atoms with van der Waals surface area (Å²) in [6, 6.07) is 13.4. The number of carbonyl (C=O) groups excluding carboxylic acids is 2. The molecule has 0 bridgehead atoms. The summed E-state index contributed by atoms with van der Waals surface area (Å²) in [7, 11) is 0. The lowest BCUT2D eigenvalue weighted by molar-refractivity contribution is -0.129. The van der Waals surface area contributed by atoms with E-state index in [0.29, 0.717) is 43.6 Å². The van der Waals surface area contributed by atoms with E-state index in [1.54, 1.807) is 12.3 Å². The van der Waals surface area contributed by atoms with Crippen LogP contribution >= 0.6 is 0 Å². The molecular formula is C22H23N5O3. The second-order valence-corrected chi connectivity index (χ2v) is 7.91. The number of nitrogens with one attached hydrogen (secondary N) is 1. The van der Waals surface area contributed by atoms with Crippen LogP contribution in [0.25, 0.3) is 0 Å². The number of furan rings is 1. The van der Waals surface area contributed by atoms with Crippen LogP contribution in [0.1, 0.15) is 40.1 Å². The number of rotatable bonds is 5. The maximum Gasteiger partial charge on any atom is 0.289 e. The number of nitrogens with zero attached hydrogens (tertiary/aromatic N) is 4. The minimum absolute atomic E-state index is 0.123. The molecule has 5 rings (SSSR count). The first-order valence-electron chi connectivity index (χ1n) is 10.2.